The van der Waals surface area contributed by atoms with Crippen molar-refractivity contribution in [2.24, 2.45) is 0 Å². The van der Waals surface area contributed by atoms with Gasteiger partial charge in [-0.2, -0.15) is 0 Å². The first-order chi connectivity index (χ1) is 10.5. The lowest BCUT2D eigenvalue weighted by atomic mass is 10.1. The van der Waals surface area contributed by atoms with Gasteiger partial charge in [0.2, 0.25) is 0 Å². The fourth-order valence-electron chi connectivity index (χ4n) is 3.07. The maximum atomic E-state index is 9.53. The number of piperazine rings is 1. The fourth-order valence-corrected chi connectivity index (χ4v) is 3.07. The number of hydrogen-bond donors (Lipinski definition) is 1. The molecule has 1 N–H and O–H groups in total. The summed E-state index contributed by atoms with van der Waals surface area (Å²) in [5.41, 5.74) is 1.15. The quantitative estimate of drug-likeness (QED) is 0.865. The van der Waals surface area contributed by atoms with E-state index in [0.29, 0.717) is 6.04 Å². The average molecular weight is 308 g/mol. The fraction of sp³-hybridized carbons (Fsp3) is 0.647. The van der Waals surface area contributed by atoms with Crippen LogP contribution >= 0.6 is 0 Å². The standard InChI is InChI=1S/C17H28N2O3/c1-13-10-18(11-14(2)20)7-8-19(13)12-15-9-16(21-3)5-6-17(15)22-4/h5-6,9,13-14,20H,7-8,10-12H2,1-4H3/t13-,14-/m1/s1. The zero-order valence-corrected chi connectivity index (χ0v) is 14.1. The van der Waals surface area contributed by atoms with E-state index in [-0.39, 0.29) is 6.10 Å². The van der Waals surface area contributed by atoms with Crippen molar-refractivity contribution in [2.45, 2.75) is 32.5 Å². The average Bonchev–Trinajstić information content (AvgIpc) is 2.49. The number of aliphatic hydroxyl groups excluding tert-OH is 1. The molecule has 0 aromatic heterocycles. The summed E-state index contributed by atoms with van der Waals surface area (Å²) in [7, 11) is 3.39. The van der Waals surface area contributed by atoms with Crippen molar-refractivity contribution in [2.75, 3.05) is 40.4 Å². The predicted molar refractivity (Wildman–Crippen MR) is 87.5 cm³/mol. The maximum Gasteiger partial charge on any atom is 0.123 e. The lowest BCUT2D eigenvalue weighted by Crippen LogP contribution is -2.52. The van der Waals surface area contributed by atoms with Crippen LogP contribution in [0.5, 0.6) is 11.5 Å². The predicted octanol–water partition coefficient (Wildman–Crippen LogP) is 1.59. The van der Waals surface area contributed by atoms with Gasteiger partial charge in [0, 0.05) is 44.3 Å². The molecule has 0 amide bonds. The monoisotopic (exact) mass is 308 g/mol. The molecule has 5 heteroatoms. The minimum Gasteiger partial charge on any atom is -0.497 e. The van der Waals surface area contributed by atoms with Crippen LogP contribution in [0.25, 0.3) is 0 Å². The van der Waals surface area contributed by atoms with E-state index in [1.807, 2.05) is 25.1 Å². The van der Waals surface area contributed by atoms with Gasteiger partial charge in [0.05, 0.1) is 20.3 Å². The first-order valence-corrected chi connectivity index (χ1v) is 7.89. The summed E-state index contributed by atoms with van der Waals surface area (Å²) < 4.78 is 10.8. The van der Waals surface area contributed by atoms with E-state index in [0.717, 1.165) is 49.8 Å². The third-order valence-electron chi connectivity index (χ3n) is 4.23. The van der Waals surface area contributed by atoms with Crippen molar-refractivity contribution in [1.29, 1.82) is 0 Å². The van der Waals surface area contributed by atoms with E-state index >= 15 is 0 Å². The molecule has 0 unspecified atom stereocenters. The molecule has 22 heavy (non-hydrogen) atoms. The number of hydrogen-bond acceptors (Lipinski definition) is 5. The molecule has 1 heterocycles. The summed E-state index contributed by atoms with van der Waals surface area (Å²) >= 11 is 0. The summed E-state index contributed by atoms with van der Waals surface area (Å²) in [5.74, 6) is 1.76. The highest BCUT2D eigenvalue weighted by Gasteiger charge is 2.25. The molecule has 0 saturated carbocycles. The molecule has 1 saturated heterocycles. The Morgan fingerprint density at radius 1 is 1.27 bits per heavy atom. The summed E-state index contributed by atoms with van der Waals surface area (Å²) in [5, 5.41) is 9.53. The highest BCUT2D eigenvalue weighted by molar-refractivity contribution is 5.40. The van der Waals surface area contributed by atoms with Crippen molar-refractivity contribution in [1.82, 2.24) is 9.80 Å². The Kier molecular flexibility index (Phi) is 6.06. The minimum absolute atomic E-state index is 0.266. The Balaban J connectivity index is 2.02. The summed E-state index contributed by atoms with van der Waals surface area (Å²) in [4.78, 5) is 4.78. The topological polar surface area (TPSA) is 45.2 Å². The lowest BCUT2D eigenvalue weighted by molar-refractivity contribution is 0.0468. The van der Waals surface area contributed by atoms with Crippen LogP contribution in [0.15, 0.2) is 18.2 Å². The van der Waals surface area contributed by atoms with Gasteiger partial charge >= 0.3 is 0 Å². The largest absolute Gasteiger partial charge is 0.497 e. The molecular weight excluding hydrogens is 280 g/mol. The number of aliphatic hydroxyl groups is 1. The number of β-amino-alcohol motifs (C(OH)–C–C–N with tert-alkyl or cyclic N) is 1. The number of ether oxygens (including phenoxy) is 2. The second kappa shape index (κ2) is 7.81. The van der Waals surface area contributed by atoms with E-state index < -0.39 is 0 Å². The van der Waals surface area contributed by atoms with Crippen molar-refractivity contribution in [3.05, 3.63) is 23.8 Å². The first-order valence-electron chi connectivity index (χ1n) is 7.89. The molecule has 2 rings (SSSR count). The van der Waals surface area contributed by atoms with Gasteiger partial charge in [-0.3, -0.25) is 9.80 Å². The molecule has 124 valence electrons. The Hall–Kier alpha value is -1.30. The van der Waals surface area contributed by atoms with Gasteiger partial charge in [0.25, 0.3) is 0 Å². The Bertz CT molecular complexity index is 479. The number of methoxy groups -OCH3 is 2. The van der Waals surface area contributed by atoms with Crippen molar-refractivity contribution in [3.8, 4) is 11.5 Å². The number of benzene rings is 1. The van der Waals surface area contributed by atoms with Crippen LogP contribution in [0.1, 0.15) is 19.4 Å². The van der Waals surface area contributed by atoms with E-state index in [4.69, 9.17) is 9.47 Å². The molecule has 1 fully saturated rings. The van der Waals surface area contributed by atoms with Crippen molar-refractivity contribution < 1.29 is 14.6 Å². The van der Waals surface area contributed by atoms with Crippen LogP contribution < -0.4 is 9.47 Å². The molecule has 1 aromatic rings. The van der Waals surface area contributed by atoms with Crippen LogP contribution in [-0.2, 0) is 6.54 Å². The van der Waals surface area contributed by atoms with Gasteiger partial charge in [-0.05, 0) is 32.0 Å². The Morgan fingerprint density at radius 3 is 2.64 bits per heavy atom. The van der Waals surface area contributed by atoms with Gasteiger partial charge < -0.3 is 14.6 Å². The molecule has 0 radical (unpaired) electrons. The van der Waals surface area contributed by atoms with Gasteiger partial charge in [-0.1, -0.05) is 0 Å². The SMILES string of the molecule is COc1ccc(OC)c(CN2CCN(C[C@@H](C)O)C[C@H]2C)c1. The molecular formula is C17H28N2O3. The van der Waals surface area contributed by atoms with Crippen molar-refractivity contribution in [3.63, 3.8) is 0 Å². The second-order valence-corrected chi connectivity index (χ2v) is 6.11. The molecule has 0 spiro atoms. The van der Waals surface area contributed by atoms with E-state index in [1.54, 1.807) is 14.2 Å². The zero-order chi connectivity index (χ0) is 16.1. The lowest BCUT2D eigenvalue weighted by Gasteiger charge is -2.40. The van der Waals surface area contributed by atoms with Crippen LogP contribution in [0.2, 0.25) is 0 Å². The molecule has 1 aliphatic heterocycles. The second-order valence-electron chi connectivity index (χ2n) is 6.11. The number of rotatable bonds is 6. The van der Waals surface area contributed by atoms with Crippen LogP contribution in [-0.4, -0.2) is 67.5 Å². The van der Waals surface area contributed by atoms with Crippen molar-refractivity contribution >= 4 is 0 Å². The third kappa shape index (κ3) is 4.35. The normalized spacial score (nSPS) is 21.6. The third-order valence-corrected chi connectivity index (χ3v) is 4.23. The Morgan fingerprint density at radius 2 is 2.05 bits per heavy atom. The van der Waals surface area contributed by atoms with E-state index in [2.05, 4.69) is 16.7 Å². The summed E-state index contributed by atoms with van der Waals surface area (Å²) in [6, 6.07) is 6.38. The summed E-state index contributed by atoms with van der Waals surface area (Å²) in [6.45, 7) is 8.65. The van der Waals surface area contributed by atoms with E-state index in [1.165, 1.54) is 0 Å². The maximum absolute atomic E-state index is 9.53. The molecule has 2 atom stereocenters. The van der Waals surface area contributed by atoms with Crippen LogP contribution in [0.3, 0.4) is 0 Å². The molecule has 0 aliphatic carbocycles. The van der Waals surface area contributed by atoms with E-state index in [9.17, 15) is 5.11 Å². The van der Waals surface area contributed by atoms with Gasteiger partial charge in [0.1, 0.15) is 11.5 Å². The molecule has 5 nitrogen and oxygen atoms in total. The van der Waals surface area contributed by atoms with Crippen LogP contribution in [0.4, 0.5) is 0 Å². The van der Waals surface area contributed by atoms with Gasteiger partial charge in [0.15, 0.2) is 0 Å². The number of nitrogens with zero attached hydrogens (tertiary/aromatic N) is 2. The first kappa shape index (κ1) is 17.1. The highest BCUT2D eigenvalue weighted by atomic mass is 16.5. The highest BCUT2D eigenvalue weighted by Crippen LogP contribution is 2.26. The molecule has 1 aromatic carbocycles. The zero-order valence-electron chi connectivity index (χ0n) is 14.1. The minimum atomic E-state index is -0.266. The molecule has 0 bridgehead atoms. The van der Waals surface area contributed by atoms with Gasteiger partial charge in [-0.25, -0.2) is 0 Å². The van der Waals surface area contributed by atoms with Crippen LogP contribution in [0, 0.1) is 0 Å². The smallest absolute Gasteiger partial charge is 0.123 e. The Labute approximate surface area is 133 Å². The molecule has 1 aliphatic rings. The summed E-state index contributed by atoms with van der Waals surface area (Å²) in [6.07, 6.45) is -0.266. The van der Waals surface area contributed by atoms with Gasteiger partial charge in [-0.15, -0.1) is 0 Å².